The van der Waals surface area contributed by atoms with Crippen molar-refractivity contribution < 1.29 is 13.9 Å². The topological polar surface area (TPSA) is 30.5 Å². The van der Waals surface area contributed by atoms with E-state index < -0.39 is 6.67 Å². The summed E-state index contributed by atoms with van der Waals surface area (Å²) in [5.41, 5.74) is 0.992. The second-order valence-electron chi connectivity index (χ2n) is 3.69. The first-order chi connectivity index (χ1) is 8.31. The van der Waals surface area contributed by atoms with Crippen molar-refractivity contribution in [2.24, 2.45) is 0 Å². The van der Waals surface area contributed by atoms with E-state index in [-0.39, 0.29) is 6.61 Å². The van der Waals surface area contributed by atoms with Crippen LogP contribution in [0.25, 0.3) is 0 Å². The minimum absolute atomic E-state index is 0.0904. The Kier molecular flexibility index (Phi) is 6.40. The van der Waals surface area contributed by atoms with E-state index in [2.05, 4.69) is 12.2 Å². The second kappa shape index (κ2) is 7.90. The highest BCUT2D eigenvalue weighted by Crippen LogP contribution is 2.24. The van der Waals surface area contributed by atoms with Crippen LogP contribution in [0.15, 0.2) is 18.2 Å². The minimum Gasteiger partial charge on any atom is -0.497 e. The molecule has 0 aliphatic carbocycles. The molecule has 0 saturated heterocycles. The number of ether oxygens (including phenoxy) is 2. The van der Waals surface area contributed by atoms with Gasteiger partial charge in [0.15, 0.2) is 0 Å². The molecule has 0 atom stereocenters. The predicted molar refractivity (Wildman–Crippen MR) is 66.5 cm³/mol. The van der Waals surface area contributed by atoms with Crippen LogP contribution in [0.4, 0.5) is 4.39 Å². The van der Waals surface area contributed by atoms with Gasteiger partial charge < -0.3 is 14.8 Å². The lowest BCUT2D eigenvalue weighted by Gasteiger charge is -2.12. The van der Waals surface area contributed by atoms with Gasteiger partial charge in [-0.3, -0.25) is 0 Å². The highest BCUT2D eigenvalue weighted by Gasteiger charge is 2.05. The molecule has 1 aromatic rings. The van der Waals surface area contributed by atoms with Gasteiger partial charge in [0.05, 0.1) is 7.11 Å². The van der Waals surface area contributed by atoms with Crippen molar-refractivity contribution in [1.82, 2.24) is 5.32 Å². The van der Waals surface area contributed by atoms with Gasteiger partial charge in [-0.1, -0.05) is 6.92 Å². The van der Waals surface area contributed by atoms with Crippen LogP contribution in [0.2, 0.25) is 0 Å². The van der Waals surface area contributed by atoms with E-state index in [0.29, 0.717) is 12.3 Å². The Hall–Kier alpha value is -1.29. The summed E-state index contributed by atoms with van der Waals surface area (Å²) in [5, 5.41) is 3.29. The maximum atomic E-state index is 12.1. The zero-order valence-corrected chi connectivity index (χ0v) is 10.5. The minimum atomic E-state index is -0.478. The number of halogens is 1. The largest absolute Gasteiger partial charge is 0.497 e. The molecule has 0 aromatic heterocycles. The molecule has 0 bridgehead atoms. The average Bonchev–Trinajstić information content (AvgIpc) is 2.37. The van der Waals surface area contributed by atoms with Gasteiger partial charge >= 0.3 is 0 Å². The van der Waals surface area contributed by atoms with Crippen LogP contribution in [-0.4, -0.2) is 26.9 Å². The number of alkyl halides is 1. The van der Waals surface area contributed by atoms with Gasteiger partial charge in [-0.25, -0.2) is 4.39 Å². The number of hydrogen-bond acceptors (Lipinski definition) is 3. The van der Waals surface area contributed by atoms with Crippen LogP contribution in [0.5, 0.6) is 11.5 Å². The van der Waals surface area contributed by atoms with Crippen LogP contribution in [0, 0.1) is 0 Å². The molecule has 1 aromatic carbocycles. The van der Waals surface area contributed by atoms with Gasteiger partial charge in [0.1, 0.15) is 24.8 Å². The van der Waals surface area contributed by atoms with Crippen molar-refractivity contribution in [1.29, 1.82) is 0 Å². The number of benzene rings is 1. The smallest absolute Gasteiger partial charge is 0.124 e. The summed E-state index contributed by atoms with van der Waals surface area (Å²) in [7, 11) is 1.63. The Balaban J connectivity index is 2.71. The molecule has 17 heavy (non-hydrogen) atoms. The number of rotatable bonds is 8. The van der Waals surface area contributed by atoms with Gasteiger partial charge in [-0.05, 0) is 31.2 Å². The molecule has 0 aliphatic rings. The maximum absolute atomic E-state index is 12.1. The van der Waals surface area contributed by atoms with Crippen LogP contribution >= 0.6 is 0 Å². The Morgan fingerprint density at radius 2 is 2.18 bits per heavy atom. The number of hydrogen-bond donors (Lipinski definition) is 1. The molecule has 0 spiro atoms. The molecule has 1 rings (SSSR count). The summed E-state index contributed by atoms with van der Waals surface area (Å²) in [6, 6.07) is 5.55. The summed E-state index contributed by atoms with van der Waals surface area (Å²) in [6.07, 6.45) is 1.07. The molecule has 0 saturated carbocycles. The van der Waals surface area contributed by atoms with Crippen LogP contribution in [0.1, 0.15) is 18.9 Å². The Labute approximate surface area is 102 Å². The lowest BCUT2D eigenvalue weighted by molar-refractivity contribution is 0.270. The summed E-state index contributed by atoms with van der Waals surface area (Å²) < 4.78 is 22.6. The van der Waals surface area contributed by atoms with Gasteiger partial charge in [-0.15, -0.1) is 0 Å². The first-order valence-corrected chi connectivity index (χ1v) is 5.88. The summed E-state index contributed by atoms with van der Waals surface area (Å²) in [4.78, 5) is 0. The van der Waals surface area contributed by atoms with Crippen molar-refractivity contribution >= 4 is 0 Å². The maximum Gasteiger partial charge on any atom is 0.124 e. The Morgan fingerprint density at radius 3 is 2.82 bits per heavy atom. The lowest BCUT2D eigenvalue weighted by Crippen LogP contribution is -2.15. The summed E-state index contributed by atoms with van der Waals surface area (Å²) in [6.45, 7) is 3.37. The van der Waals surface area contributed by atoms with Crippen LogP contribution in [0.3, 0.4) is 0 Å². The summed E-state index contributed by atoms with van der Waals surface area (Å²) in [5.74, 6) is 1.50. The van der Waals surface area contributed by atoms with Gasteiger partial charge in [-0.2, -0.15) is 0 Å². The Bertz CT molecular complexity index is 331. The van der Waals surface area contributed by atoms with Crippen molar-refractivity contribution in [2.45, 2.75) is 19.9 Å². The SMILES string of the molecule is CCCNCc1cc(OC)ccc1OCCF. The average molecular weight is 241 g/mol. The van der Waals surface area contributed by atoms with E-state index >= 15 is 0 Å². The highest BCUT2D eigenvalue weighted by molar-refractivity contribution is 5.40. The quantitative estimate of drug-likeness (QED) is 0.709. The molecule has 0 fully saturated rings. The van der Waals surface area contributed by atoms with Crippen molar-refractivity contribution in [3.63, 3.8) is 0 Å². The molecule has 1 N–H and O–H groups in total. The fourth-order valence-corrected chi connectivity index (χ4v) is 1.51. The normalized spacial score (nSPS) is 10.3. The third-order valence-corrected chi connectivity index (χ3v) is 2.34. The molecular formula is C13H20FNO2. The highest BCUT2D eigenvalue weighted by atomic mass is 19.1. The number of nitrogens with one attached hydrogen (secondary N) is 1. The van der Waals surface area contributed by atoms with E-state index in [1.165, 1.54) is 0 Å². The van der Waals surface area contributed by atoms with Crippen molar-refractivity contribution in [2.75, 3.05) is 26.9 Å². The zero-order chi connectivity index (χ0) is 12.5. The standard InChI is InChI=1S/C13H20FNO2/c1-3-7-15-10-11-9-12(16-2)4-5-13(11)17-8-6-14/h4-5,9,15H,3,6-8,10H2,1-2H3. The third kappa shape index (κ3) is 4.61. The zero-order valence-electron chi connectivity index (χ0n) is 10.5. The number of methoxy groups -OCH3 is 1. The van der Waals surface area contributed by atoms with E-state index in [1.54, 1.807) is 7.11 Å². The van der Waals surface area contributed by atoms with Crippen molar-refractivity contribution in [3.8, 4) is 11.5 Å². The summed E-state index contributed by atoms with van der Waals surface area (Å²) >= 11 is 0. The van der Waals surface area contributed by atoms with E-state index in [1.807, 2.05) is 18.2 Å². The van der Waals surface area contributed by atoms with Gasteiger partial charge in [0, 0.05) is 12.1 Å². The van der Waals surface area contributed by atoms with Crippen molar-refractivity contribution in [3.05, 3.63) is 23.8 Å². The molecule has 0 aliphatic heterocycles. The van der Waals surface area contributed by atoms with Gasteiger partial charge in [0.2, 0.25) is 0 Å². The second-order valence-corrected chi connectivity index (χ2v) is 3.69. The fraction of sp³-hybridized carbons (Fsp3) is 0.538. The van der Waals surface area contributed by atoms with E-state index in [9.17, 15) is 4.39 Å². The van der Waals surface area contributed by atoms with E-state index in [0.717, 1.165) is 24.3 Å². The molecule has 3 nitrogen and oxygen atoms in total. The van der Waals surface area contributed by atoms with E-state index in [4.69, 9.17) is 9.47 Å². The first-order valence-electron chi connectivity index (χ1n) is 5.88. The molecule has 0 heterocycles. The van der Waals surface area contributed by atoms with Crippen LogP contribution < -0.4 is 14.8 Å². The molecular weight excluding hydrogens is 221 g/mol. The first kappa shape index (κ1) is 13.8. The van der Waals surface area contributed by atoms with Gasteiger partial charge in [0.25, 0.3) is 0 Å². The molecule has 0 unspecified atom stereocenters. The molecule has 96 valence electrons. The fourth-order valence-electron chi connectivity index (χ4n) is 1.51. The van der Waals surface area contributed by atoms with Crippen LogP contribution in [-0.2, 0) is 6.54 Å². The molecule has 0 radical (unpaired) electrons. The lowest BCUT2D eigenvalue weighted by atomic mass is 10.2. The third-order valence-electron chi connectivity index (χ3n) is 2.34. The predicted octanol–water partition coefficient (Wildman–Crippen LogP) is 2.54. The Morgan fingerprint density at radius 1 is 1.35 bits per heavy atom. The molecule has 4 heteroatoms. The monoisotopic (exact) mass is 241 g/mol. The molecule has 0 amide bonds.